The number of rotatable bonds is 6. The summed E-state index contributed by atoms with van der Waals surface area (Å²) in [6.45, 7) is 0.367. The Kier molecular flexibility index (Phi) is 5.44. The number of benzene rings is 3. The van der Waals surface area contributed by atoms with E-state index in [-0.39, 0.29) is 11.7 Å². The van der Waals surface area contributed by atoms with E-state index in [0.717, 1.165) is 28.2 Å². The minimum absolute atomic E-state index is 0.220. The van der Waals surface area contributed by atoms with Crippen molar-refractivity contribution in [2.24, 2.45) is 0 Å². The number of aliphatic hydroxyl groups excluding tert-OH is 1. The molecule has 1 heterocycles. The second-order valence-electron chi connectivity index (χ2n) is 7.09. The number of methoxy groups -OCH3 is 2. The van der Waals surface area contributed by atoms with Crippen molar-refractivity contribution in [2.45, 2.75) is 12.6 Å². The first-order valence-electron chi connectivity index (χ1n) is 9.68. The van der Waals surface area contributed by atoms with Gasteiger partial charge in [0, 0.05) is 12.1 Å². The summed E-state index contributed by atoms with van der Waals surface area (Å²) in [5.74, 6) is 0.869. The van der Waals surface area contributed by atoms with Crippen molar-refractivity contribution in [1.82, 2.24) is 4.90 Å². The van der Waals surface area contributed by atoms with Crippen LogP contribution in [0.25, 0.3) is 5.57 Å². The maximum atomic E-state index is 13.1. The maximum absolute atomic E-state index is 13.1. The quantitative estimate of drug-likeness (QED) is 0.647. The molecule has 0 aliphatic carbocycles. The first kappa shape index (κ1) is 19.6. The van der Waals surface area contributed by atoms with Crippen LogP contribution in [0.5, 0.6) is 11.5 Å². The Hall–Kier alpha value is -3.73. The van der Waals surface area contributed by atoms with Crippen LogP contribution in [0.2, 0.25) is 0 Å². The van der Waals surface area contributed by atoms with Crippen LogP contribution in [0, 0.1) is 0 Å². The molecule has 1 aliphatic heterocycles. The Morgan fingerprint density at radius 3 is 1.97 bits per heavy atom. The van der Waals surface area contributed by atoms with Crippen molar-refractivity contribution < 1.29 is 19.4 Å². The van der Waals surface area contributed by atoms with Gasteiger partial charge in [0.25, 0.3) is 5.91 Å². The van der Waals surface area contributed by atoms with Gasteiger partial charge in [-0.05, 0) is 41.0 Å². The fourth-order valence-electron chi connectivity index (χ4n) is 3.79. The lowest BCUT2D eigenvalue weighted by atomic mass is 9.93. The lowest BCUT2D eigenvalue weighted by Crippen LogP contribution is -2.29. The third-order valence-electron chi connectivity index (χ3n) is 5.33. The Morgan fingerprint density at radius 1 is 0.833 bits per heavy atom. The monoisotopic (exact) mass is 401 g/mol. The van der Waals surface area contributed by atoms with Gasteiger partial charge < -0.3 is 19.5 Å². The predicted molar refractivity (Wildman–Crippen MR) is 115 cm³/mol. The molecule has 0 fully saturated rings. The molecule has 0 spiro atoms. The van der Waals surface area contributed by atoms with E-state index in [1.165, 1.54) is 0 Å². The summed E-state index contributed by atoms with van der Waals surface area (Å²) < 4.78 is 10.5. The first-order chi connectivity index (χ1) is 14.6. The van der Waals surface area contributed by atoms with E-state index in [2.05, 4.69) is 0 Å². The molecule has 0 saturated carbocycles. The maximum Gasteiger partial charge on any atom is 0.290 e. The van der Waals surface area contributed by atoms with Gasteiger partial charge in [0.1, 0.15) is 11.5 Å². The van der Waals surface area contributed by atoms with Crippen LogP contribution in [-0.4, -0.2) is 30.1 Å². The van der Waals surface area contributed by atoms with Crippen molar-refractivity contribution in [1.29, 1.82) is 0 Å². The predicted octanol–water partition coefficient (Wildman–Crippen LogP) is 4.76. The number of aliphatic hydroxyl groups is 1. The van der Waals surface area contributed by atoms with Gasteiger partial charge in [-0.2, -0.15) is 0 Å². The number of hydrogen-bond donors (Lipinski definition) is 1. The summed E-state index contributed by atoms with van der Waals surface area (Å²) in [6, 6.07) is 24.3. The van der Waals surface area contributed by atoms with E-state index in [1.54, 1.807) is 19.1 Å². The highest BCUT2D eigenvalue weighted by Gasteiger charge is 2.40. The molecule has 0 unspecified atom stereocenters. The zero-order chi connectivity index (χ0) is 21.1. The summed E-state index contributed by atoms with van der Waals surface area (Å²) in [5.41, 5.74) is 3.28. The summed E-state index contributed by atoms with van der Waals surface area (Å²) in [7, 11) is 3.22. The van der Waals surface area contributed by atoms with Crippen LogP contribution >= 0.6 is 0 Å². The minimum atomic E-state index is -0.394. The molecule has 3 aromatic rings. The number of amides is 1. The van der Waals surface area contributed by atoms with Gasteiger partial charge in [0.05, 0.1) is 20.3 Å². The van der Waals surface area contributed by atoms with Crippen LogP contribution < -0.4 is 9.47 Å². The molecule has 0 radical (unpaired) electrons. The van der Waals surface area contributed by atoms with Crippen molar-refractivity contribution in [3.05, 3.63) is 101 Å². The van der Waals surface area contributed by atoms with Crippen LogP contribution in [0.4, 0.5) is 0 Å². The van der Waals surface area contributed by atoms with Gasteiger partial charge in [-0.3, -0.25) is 4.79 Å². The molecule has 0 aromatic heterocycles. The van der Waals surface area contributed by atoms with Crippen molar-refractivity contribution in [3.8, 4) is 11.5 Å². The average Bonchev–Trinajstić information content (AvgIpc) is 3.05. The molecule has 152 valence electrons. The first-order valence-corrected chi connectivity index (χ1v) is 9.68. The van der Waals surface area contributed by atoms with Gasteiger partial charge in [-0.25, -0.2) is 0 Å². The highest BCUT2D eigenvalue weighted by molar-refractivity contribution is 6.05. The summed E-state index contributed by atoms with van der Waals surface area (Å²) in [6.07, 6.45) is 0. The highest BCUT2D eigenvalue weighted by atomic mass is 16.5. The second-order valence-corrected chi connectivity index (χ2v) is 7.09. The average molecular weight is 401 g/mol. The van der Waals surface area contributed by atoms with Crippen molar-refractivity contribution in [2.75, 3.05) is 14.2 Å². The summed E-state index contributed by atoms with van der Waals surface area (Å²) in [5, 5.41) is 10.8. The Labute approximate surface area is 175 Å². The molecule has 5 heteroatoms. The number of carbonyl (C=O) groups excluding carboxylic acids is 1. The van der Waals surface area contributed by atoms with Gasteiger partial charge in [0.2, 0.25) is 0 Å². The molecule has 4 rings (SSSR count). The van der Waals surface area contributed by atoms with Crippen LogP contribution in [0.15, 0.2) is 84.6 Å². The highest BCUT2D eigenvalue weighted by Crippen LogP contribution is 2.44. The molecule has 1 amide bonds. The van der Waals surface area contributed by atoms with Gasteiger partial charge in [-0.15, -0.1) is 0 Å². The SMILES string of the molecule is COc1ccc(CN2C(=O)C(O)=C(c3ccc(OC)cc3)[C@@H]2c2ccccc2)cc1. The van der Waals surface area contributed by atoms with Gasteiger partial charge >= 0.3 is 0 Å². The molecular formula is C25H23NO4. The molecule has 0 bridgehead atoms. The van der Waals surface area contributed by atoms with E-state index >= 15 is 0 Å². The molecule has 1 N–H and O–H groups in total. The molecule has 5 nitrogen and oxygen atoms in total. The number of nitrogens with zero attached hydrogens (tertiary/aromatic N) is 1. The normalized spacial score (nSPS) is 16.1. The smallest absolute Gasteiger partial charge is 0.290 e. The zero-order valence-electron chi connectivity index (χ0n) is 16.9. The van der Waals surface area contributed by atoms with Crippen molar-refractivity contribution >= 4 is 11.5 Å². The number of carbonyl (C=O) groups is 1. The summed E-state index contributed by atoms with van der Waals surface area (Å²) in [4.78, 5) is 14.8. The van der Waals surface area contributed by atoms with Gasteiger partial charge in [-0.1, -0.05) is 54.6 Å². The molecule has 3 aromatic carbocycles. The molecule has 1 atom stereocenters. The van der Waals surface area contributed by atoms with Crippen LogP contribution in [0.3, 0.4) is 0 Å². The largest absolute Gasteiger partial charge is 0.503 e. The Balaban J connectivity index is 1.75. The third-order valence-corrected chi connectivity index (χ3v) is 5.33. The molecule has 0 saturated heterocycles. The van der Waals surface area contributed by atoms with E-state index in [0.29, 0.717) is 12.1 Å². The van der Waals surface area contributed by atoms with E-state index in [9.17, 15) is 9.90 Å². The Bertz CT molecular complexity index is 1060. The third kappa shape index (κ3) is 3.62. The fraction of sp³-hybridized carbons (Fsp3) is 0.160. The standard InChI is InChI=1S/C25H23NO4/c1-29-20-12-8-17(9-13-20)16-26-23(19-6-4-3-5-7-19)22(24(27)25(26)28)18-10-14-21(30-2)15-11-18/h3-15,23,27H,16H2,1-2H3/t23-/m0/s1. The van der Waals surface area contributed by atoms with E-state index < -0.39 is 6.04 Å². The van der Waals surface area contributed by atoms with Crippen molar-refractivity contribution in [3.63, 3.8) is 0 Å². The lowest BCUT2D eigenvalue weighted by Gasteiger charge is -2.27. The zero-order valence-corrected chi connectivity index (χ0v) is 16.9. The molecular weight excluding hydrogens is 378 g/mol. The summed E-state index contributed by atoms with van der Waals surface area (Å²) >= 11 is 0. The number of hydrogen-bond acceptors (Lipinski definition) is 4. The van der Waals surface area contributed by atoms with Crippen LogP contribution in [0.1, 0.15) is 22.7 Å². The van der Waals surface area contributed by atoms with Gasteiger partial charge in [0.15, 0.2) is 5.76 Å². The second kappa shape index (κ2) is 8.33. The lowest BCUT2D eigenvalue weighted by molar-refractivity contribution is -0.130. The van der Waals surface area contributed by atoms with Crippen LogP contribution in [-0.2, 0) is 11.3 Å². The molecule has 30 heavy (non-hydrogen) atoms. The van der Waals surface area contributed by atoms with E-state index in [1.807, 2.05) is 78.9 Å². The Morgan fingerprint density at radius 2 is 1.40 bits per heavy atom. The van der Waals surface area contributed by atoms with E-state index in [4.69, 9.17) is 9.47 Å². The molecule has 1 aliphatic rings. The minimum Gasteiger partial charge on any atom is -0.503 e. The topological polar surface area (TPSA) is 59.0 Å². The fourth-order valence-corrected chi connectivity index (χ4v) is 3.79. The number of ether oxygens (including phenoxy) is 2.